The molecule has 18 heavy (non-hydrogen) atoms. The smallest absolute Gasteiger partial charge is 0.0745 e. The van der Waals surface area contributed by atoms with Gasteiger partial charge in [0.15, 0.2) is 0 Å². The van der Waals surface area contributed by atoms with Crippen molar-refractivity contribution < 1.29 is 0 Å². The molecule has 0 saturated heterocycles. The molecule has 1 aromatic carbocycles. The molecule has 0 aliphatic rings. The van der Waals surface area contributed by atoms with E-state index in [1.807, 2.05) is 25.1 Å². The Kier molecular flexibility index (Phi) is 4.78. The Balaban J connectivity index is 2.16. The summed E-state index contributed by atoms with van der Waals surface area (Å²) in [6, 6.07) is 7.50. The zero-order chi connectivity index (χ0) is 13.1. The summed E-state index contributed by atoms with van der Waals surface area (Å²) in [4.78, 5) is 5.13. The number of rotatable bonds is 3. The van der Waals surface area contributed by atoms with Gasteiger partial charge in [-0.25, -0.2) is 0 Å². The first-order valence-corrected chi connectivity index (χ1v) is 7.43. The normalized spacial score (nSPS) is 10.4. The van der Waals surface area contributed by atoms with Gasteiger partial charge in [-0.1, -0.05) is 29.3 Å². The third kappa shape index (κ3) is 3.32. The summed E-state index contributed by atoms with van der Waals surface area (Å²) >= 11 is 16.9. The number of hydrogen-bond donors (Lipinski definition) is 1. The van der Waals surface area contributed by atoms with Gasteiger partial charge in [0.1, 0.15) is 0 Å². The SMILES string of the molecule is Cc1ncc(Br)cc1NSc1cccc(Cl)c1Cl. The summed E-state index contributed by atoms with van der Waals surface area (Å²) in [6.45, 7) is 1.94. The fraction of sp³-hybridized carbons (Fsp3) is 0.0833. The van der Waals surface area contributed by atoms with Crippen LogP contribution in [0.1, 0.15) is 5.69 Å². The molecule has 94 valence electrons. The predicted octanol–water partition coefficient (Wildman–Crippen LogP) is 5.58. The maximum atomic E-state index is 6.11. The van der Waals surface area contributed by atoms with Crippen molar-refractivity contribution in [3.63, 3.8) is 0 Å². The summed E-state index contributed by atoms with van der Waals surface area (Å²) < 4.78 is 4.14. The van der Waals surface area contributed by atoms with Crippen LogP contribution in [-0.2, 0) is 0 Å². The zero-order valence-electron chi connectivity index (χ0n) is 9.38. The van der Waals surface area contributed by atoms with E-state index in [0.717, 1.165) is 20.7 Å². The van der Waals surface area contributed by atoms with Crippen LogP contribution < -0.4 is 4.72 Å². The van der Waals surface area contributed by atoms with Gasteiger partial charge in [-0.2, -0.15) is 0 Å². The molecule has 0 unspecified atom stereocenters. The van der Waals surface area contributed by atoms with Crippen LogP contribution in [0.3, 0.4) is 0 Å². The Labute approximate surface area is 128 Å². The molecule has 2 aromatic rings. The Morgan fingerprint density at radius 3 is 2.89 bits per heavy atom. The number of benzene rings is 1. The molecule has 6 heteroatoms. The third-order valence-electron chi connectivity index (χ3n) is 2.24. The minimum atomic E-state index is 0.549. The van der Waals surface area contributed by atoms with E-state index in [4.69, 9.17) is 23.2 Å². The molecule has 0 saturated carbocycles. The van der Waals surface area contributed by atoms with Crippen molar-refractivity contribution in [2.24, 2.45) is 0 Å². The largest absolute Gasteiger partial charge is 0.324 e. The molecule has 2 rings (SSSR count). The lowest BCUT2D eigenvalue weighted by Gasteiger charge is -2.09. The zero-order valence-corrected chi connectivity index (χ0v) is 13.3. The number of hydrogen-bond acceptors (Lipinski definition) is 3. The van der Waals surface area contributed by atoms with E-state index in [2.05, 4.69) is 25.6 Å². The highest BCUT2D eigenvalue weighted by Gasteiger charge is 2.06. The summed E-state index contributed by atoms with van der Waals surface area (Å²) in [5.41, 5.74) is 1.86. The van der Waals surface area contributed by atoms with E-state index < -0.39 is 0 Å². The van der Waals surface area contributed by atoms with Crippen LogP contribution in [0.5, 0.6) is 0 Å². The van der Waals surface area contributed by atoms with Crippen molar-refractivity contribution in [1.29, 1.82) is 0 Å². The molecule has 0 aliphatic heterocycles. The van der Waals surface area contributed by atoms with E-state index in [1.54, 1.807) is 12.3 Å². The van der Waals surface area contributed by atoms with Crippen molar-refractivity contribution in [2.75, 3.05) is 4.72 Å². The van der Waals surface area contributed by atoms with Gasteiger partial charge < -0.3 is 4.72 Å². The Hall–Kier alpha value is -0.420. The summed E-state index contributed by atoms with van der Waals surface area (Å²) in [5, 5.41) is 1.10. The van der Waals surface area contributed by atoms with Gasteiger partial charge in [-0.15, -0.1) is 0 Å². The molecule has 1 aromatic heterocycles. The molecule has 0 atom stereocenters. The van der Waals surface area contributed by atoms with Gasteiger partial charge in [0.25, 0.3) is 0 Å². The molecule has 2 nitrogen and oxygen atoms in total. The molecule has 0 spiro atoms. The average molecular weight is 364 g/mol. The number of aryl methyl sites for hydroxylation is 1. The second-order valence-electron chi connectivity index (χ2n) is 3.54. The molecule has 1 N–H and O–H groups in total. The highest BCUT2D eigenvalue weighted by Crippen LogP contribution is 2.34. The Bertz CT molecular complexity index is 576. The van der Waals surface area contributed by atoms with Crippen molar-refractivity contribution in [3.8, 4) is 0 Å². The quantitative estimate of drug-likeness (QED) is 0.720. The number of halogens is 3. The van der Waals surface area contributed by atoms with Gasteiger partial charge in [0.2, 0.25) is 0 Å². The second-order valence-corrected chi connectivity index (χ2v) is 6.09. The van der Waals surface area contributed by atoms with Crippen LogP contribution in [0.2, 0.25) is 10.0 Å². The summed E-state index contributed by atoms with van der Waals surface area (Å²) in [7, 11) is 0. The summed E-state index contributed by atoms with van der Waals surface area (Å²) in [5.74, 6) is 0. The van der Waals surface area contributed by atoms with Crippen LogP contribution in [0.25, 0.3) is 0 Å². The maximum Gasteiger partial charge on any atom is 0.0745 e. The highest BCUT2D eigenvalue weighted by molar-refractivity contribution is 9.10. The first-order chi connectivity index (χ1) is 8.58. The predicted molar refractivity (Wildman–Crippen MR) is 82.6 cm³/mol. The molecule has 0 radical (unpaired) electrons. The maximum absolute atomic E-state index is 6.11. The van der Waals surface area contributed by atoms with Crippen molar-refractivity contribution in [2.45, 2.75) is 11.8 Å². The van der Waals surface area contributed by atoms with Crippen molar-refractivity contribution in [3.05, 3.63) is 50.7 Å². The lowest BCUT2D eigenvalue weighted by Crippen LogP contribution is -1.93. The van der Waals surface area contributed by atoms with Crippen LogP contribution in [0.4, 0.5) is 5.69 Å². The number of aromatic nitrogens is 1. The highest BCUT2D eigenvalue weighted by atomic mass is 79.9. The summed E-state index contributed by atoms with van der Waals surface area (Å²) in [6.07, 6.45) is 1.76. The minimum absolute atomic E-state index is 0.549. The van der Waals surface area contributed by atoms with Gasteiger partial charge in [0.05, 0.1) is 21.4 Å². The van der Waals surface area contributed by atoms with Crippen LogP contribution in [0.15, 0.2) is 39.8 Å². The second kappa shape index (κ2) is 6.15. The van der Waals surface area contributed by atoms with Gasteiger partial charge in [-0.3, -0.25) is 4.98 Å². The molecule has 0 aliphatic carbocycles. The van der Waals surface area contributed by atoms with E-state index >= 15 is 0 Å². The standard InChI is InChI=1S/C12H9BrCl2N2S/c1-7-10(5-8(13)6-16-7)17-18-11-4-2-3-9(14)12(11)15/h2-6,17H,1H3. The first-order valence-electron chi connectivity index (χ1n) is 5.07. The number of nitrogens with zero attached hydrogens (tertiary/aromatic N) is 1. The Morgan fingerprint density at radius 2 is 2.11 bits per heavy atom. The minimum Gasteiger partial charge on any atom is -0.324 e. The molecule has 0 bridgehead atoms. The molecule has 1 heterocycles. The van der Waals surface area contributed by atoms with E-state index in [1.165, 1.54) is 11.9 Å². The van der Waals surface area contributed by atoms with E-state index in [9.17, 15) is 0 Å². The Morgan fingerprint density at radius 1 is 1.33 bits per heavy atom. The number of nitrogens with one attached hydrogen (secondary N) is 1. The van der Waals surface area contributed by atoms with E-state index in [0.29, 0.717) is 10.0 Å². The monoisotopic (exact) mass is 362 g/mol. The van der Waals surface area contributed by atoms with Crippen LogP contribution in [-0.4, -0.2) is 4.98 Å². The lowest BCUT2D eigenvalue weighted by molar-refractivity contribution is 1.20. The van der Waals surface area contributed by atoms with Crippen molar-refractivity contribution in [1.82, 2.24) is 4.98 Å². The van der Waals surface area contributed by atoms with E-state index in [-0.39, 0.29) is 0 Å². The molecular formula is C12H9BrCl2N2S. The van der Waals surface area contributed by atoms with Crippen LogP contribution >= 0.6 is 51.1 Å². The fourth-order valence-electron chi connectivity index (χ4n) is 1.28. The van der Waals surface area contributed by atoms with Gasteiger partial charge >= 0.3 is 0 Å². The first kappa shape index (κ1) is 14.0. The topological polar surface area (TPSA) is 24.9 Å². The number of pyridine rings is 1. The average Bonchev–Trinajstić information content (AvgIpc) is 2.35. The van der Waals surface area contributed by atoms with Crippen LogP contribution in [0, 0.1) is 6.92 Å². The number of anilines is 1. The van der Waals surface area contributed by atoms with Gasteiger partial charge in [0, 0.05) is 15.6 Å². The molecular weight excluding hydrogens is 355 g/mol. The van der Waals surface area contributed by atoms with Gasteiger partial charge in [-0.05, 0) is 53.0 Å². The molecule has 0 fully saturated rings. The van der Waals surface area contributed by atoms with Crippen molar-refractivity contribution >= 4 is 56.8 Å². The third-order valence-corrected chi connectivity index (χ3v) is 4.49. The molecule has 0 amide bonds. The fourth-order valence-corrected chi connectivity index (χ4v) is 2.86. The lowest BCUT2D eigenvalue weighted by atomic mass is 10.3.